The summed E-state index contributed by atoms with van der Waals surface area (Å²) >= 11 is 0. The van der Waals surface area contributed by atoms with Crippen LogP contribution in [-0.4, -0.2) is 0 Å². The molecule has 1 saturated carbocycles. The highest BCUT2D eigenvalue weighted by Gasteiger charge is 2.24. The normalized spacial score (nSPS) is 15.3. The zero-order valence-electron chi connectivity index (χ0n) is 15.5. The summed E-state index contributed by atoms with van der Waals surface area (Å²) in [4.78, 5) is 0. The Balaban J connectivity index is 1.78. The minimum absolute atomic E-state index is 0.713. The van der Waals surface area contributed by atoms with E-state index in [0.29, 0.717) is 5.92 Å². The number of pyridine rings is 1. The maximum Gasteiger partial charge on any atom is 0.216 e. The van der Waals surface area contributed by atoms with E-state index in [1.165, 1.54) is 58.8 Å². The van der Waals surface area contributed by atoms with Gasteiger partial charge in [-0.25, -0.2) is 4.57 Å². The Morgan fingerprint density at radius 3 is 2.62 bits per heavy atom. The molecule has 5 rings (SSSR count). The molecule has 26 heavy (non-hydrogen) atoms. The summed E-state index contributed by atoms with van der Waals surface area (Å²) in [5, 5.41) is 2.39. The summed E-state index contributed by atoms with van der Waals surface area (Å²) in [5.74, 6) is 0.713. The quantitative estimate of drug-likeness (QED) is 0.406. The van der Waals surface area contributed by atoms with Crippen molar-refractivity contribution < 1.29 is 8.98 Å². The van der Waals surface area contributed by atoms with Crippen molar-refractivity contribution in [2.45, 2.75) is 38.5 Å². The van der Waals surface area contributed by atoms with Gasteiger partial charge < -0.3 is 4.42 Å². The van der Waals surface area contributed by atoms with Gasteiger partial charge in [0, 0.05) is 22.9 Å². The largest absolute Gasteiger partial charge is 0.455 e. The predicted octanol–water partition coefficient (Wildman–Crippen LogP) is 6.04. The molecule has 0 N–H and O–H groups in total. The van der Waals surface area contributed by atoms with Gasteiger partial charge in [-0.1, -0.05) is 43.2 Å². The summed E-state index contributed by atoms with van der Waals surface area (Å²) in [6, 6.07) is 17.4. The van der Waals surface area contributed by atoms with Gasteiger partial charge >= 0.3 is 0 Å². The fourth-order valence-electron chi connectivity index (χ4n) is 4.55. The highest BCUT2D eigenvalue weighted by molar-refractivity contribution is 6.09. The summed E-state index contributed by atoms with van der Waals surface area (Å²) < 4.78 is 8.56. The van der Waals surface area contributed by atoms with E-state index in [-0.39, 0.29) is 0 Å². The topological polar surface area (TPSA) is 17.0 Å². The summed E-state index contributed by atoms with van der Waals surface area (Å²) in [6.45, 7) is 2.18. The van der Waals surface area contributed by atoms with Crippen LogP contribution in [0, 0.1) is 6.92 Å². The van der Waals surface area contributed by atoms with Crippen molar-refractivity contribution in [3.63, 3.8) is 0 Å². The fourth-order valence-corrected chi connectivity index (χ4v) is 4.55. The van der Waals surface area contributed by atoms with E-state index in [4.69, 9.17) is 4.42 Å². The molecular formula is C24H24NO+. The minimum atomic E-state index is 0.713. The molecule has 1 fully saturated rings. The number of benzene rings is 2. The Morgan fingerprint density at radius 1 is 0.962 bits per heavy atom. The number of fused-ring (bicyclic) bond motifs is 3. The lowest BCUT2D eigenvalue weighted by Crippen LogP contribution is -2.31. The third-order valence-electron chi connectivity index (χ3n) is 6.01. The molecule has 0 atom stereocenters. The second kappa shape index (κ2) is 5.98. The molecule has 0 unspecified atom stereocenters. The van der Waals surface area contributed by atoms with Crippen molar-refractivity contribution in [2.75, 3.05) is 0 Å². The monoisotopic (exact) mass is 342 g/mol. The summed E-state index contributed by atoms with van der Waals surface area (Å²) in [7, 11) is 2.13. The number of para-hydroxylation sites is 1. The van der Waals surface area contributed by atoms with Crippen molar-refractivity contribution in [1.82, 2.24) is 0 Å². The van der Waals surface area contributed by atoms with Crippen LogP contribution in [0.3, 0.4) is 0 Å². The smallest absolute Gasteiger partial charge is 0.216 e. The van der Waals surface area contributed by atoms with E-state index in [9.17, 15) is 0 Å². The third-order valence-corrected chi connectivity index (χ3v) is 6.01. The van der Waals surface area contributed by atoms with Gasteiger partial charge in [0.25, 0.3) is 0 Å². The SMILES string of the molecule is Cc1ccc2c(oc3ccccc32)c1-c1cc(C2CCCC2)cc[n+]1C. The number of furan rings is 1. The number of hydrogen-bond acceptors (Lipinski definition) is 1. The second-order valence-electron chi connectivity index (χ2n) is 7.67. The molecular weight excluding hydrogens is 318 g/mol. The van der Waals surface area contributed by atoms with Crippen LogP contribution in [0.2, 0.25) is 0 Å². The number of nitrogens with zero attached hydrogens (tertiary/aromatic N) is 1. The summed E-state index contributed by atoms with van der Waals surface area (Å²) in [6.07, 6.45) is 7.57. The second-order valence-corrected chi connectivity index (χ2v) is 7.67. The van der Waals surface area contributed by atoms with Crippen LogP contribution in [0.4, 0.5) is 0 Å². The molecule has 2 nitrogen and oxygen atoms in total. The number of hydrogen-bond donors (Lipinski definition) is 0. The van der Waals surface area contributed by atoms with Crippen molar-refractivity contribution in [3.8, 4) is 11.3 Å². The van der Waals surface area contributed by atoms with E-state index in [0.717, 1.165) is 11.2 Å². The third kappa shape index (κ3) is 2.36. The van der Waals surface area contributed by atoms with E-state index >= 15 is 0 Å². The Bertz CT molecular complexity index is 1120. The molecule has 2 aromatic heterocycles. The zero-order chi connectivity index (χ0) is 17.7. The van der Waals surface area contributed by atoms with Crippen LogP contribution in [0.1, 0.15) is 42.7 Å². The molecule has 1 aliphatic rings. The molecule has 0 bridgehead atoms. The molecule has 2 aromatic carbocycles. The first-order chi connectivity index (χ1) is 12.7. The van der Waals surface area contributed by atoms with E-state index in [1.807, 2.05) is 6.07 Å². The Hall–Kier alpha value is -2.61. The van der Waals surface area contributed by atoms with Crippen LogP contribution in [0.5, 0.6) is 0 Å². The van der Waals surface area contributed by atoms with Gasteiger partial charge in [0.15, 0.2) is 6.20 Å². The van der Waals surface area contributed by atoms with Crippen LogP contribution in [0.15, 0.2) is 59.1 Å². The first-order valence-electron chi connectivity index (χ1n) is 9.63. The van der Waals surface area contributed by atoms with Crippen LogP contribution >= 0.6 is 0 Å². The van der Waals surface area contributed by atoms with Crippen molar-refractivity contribution in [3.05, 3.63) is 65.9 Å². The van der Waals surface area contributed by atoms with Gasteiger partial charge in [0.1, 0.15) is 18.2 Å². The molecule has 0 aliphatic heterocycles. The number of rotatable bonds is 2. The summed E-state index contributed by atoms with van der Waals surface area (Å²) in [5.41, 5.74) is 7.17. The molecule has 0 radical (unpaired) electrons. The van der Waals surface area contributed by atoms with E-state index < -0.39 is 0 Å². The van der Waals surface area contributed by atoms with E-state index in [2.05, 4.69) is 67.2 Å². The van der Waals surface area contributed by atoms with Gasteiger partial charge in [-0.3, -0.25) is 0 Å². The molecule has 0 spiro atoms. The average molecular weight is 342 g/mol. The standard InChI is InChI=1S/C24H24NO/c1-16-11-12-20-19-9-5-6-10-22(19)26-24(20)23(16)21-15-18(13-14-25(21)2)17-7-3-4-8-17/h5-6,9-15,17H,3-4,7-8H2,1-2H3/q+1. The van der Waals surface area contributed by atoms with Gasteiger partial charge in [-0.15, -0.1) is 0 Å². The van der Waals surface area contributed by atoms with Gasteiger partial charge in [-0.05, 0) is 42.9 Å². The average Bonchev–Trinajstić information content (AvgIpc) is 3.30. The van der Waals surface area contributed by atoms with Gasteiger partial charge in [-0.2, -0.15) is 0 Å². The lowest BCUT2D eigenvalue weighted by atomic mass is 9.94. The lowest BCUT2D eigenvalue weighted by Gasteiger charge is -2.11. The van der Waals surface area contributed by atoms with Crippen LogP contribution in [-0.2, 0) is 7.05 Å². The van der Waals surface area contributed by atoms with E-state index in [1.54, 1.807) is 0 Å². The van der Waals surface area contributed by atoms with Crippen molar-refractivity contribution >= 4 is 21.9 Å². The molecule has 2 heteroatoms. The molecule has 0 saturated heterocycles. The Kier molecular flexibility index (Phi) is 3.59. The zero-order valence-corrected chi connectivity index (χ0v) is 15.5. The van der Waals surface area contributed by atoms with Crippen LogP contribution < -0.4 is 4.57 Å². The molecule has 1 aliphatic carbocycles. The number of aromatic nitrogens is 1. The van der Waals surface area contributed by atoms with Gasteiger partial charge in [0.2, 0.25) is 5.69 Å². The van der Waals surface area contributed by atoms with Crippen LogP contribution in [0.25, 0.3) is 33.2 Å². The minimum Gasteiger partial charge on any atom is -0.455 e. The fraction of sp³-hybridized carbons (Fsp3) is 0.292. The molecule has 130 valence electrons. The number of aryl methyl sites for hydroxylation is 2. The van der Waals surface area contributed by atoms with Gasteiger partial charge in [0.05, 0.1) is 5.56 Å². The molecule has 0 amide bonds. The lowest BCUT2D eigenvalue weighted by molar-refractivity contribution is -0.660. The van der Waals surface area contributed by atoms with Crippen molar-refractivity contribution in [2.24, 2.45) is 7.05 Å². The predicted molar refractivity (Wildman–Crippen MR) is 106 cm³/mol. The Morgan fingerprint density at radius 2 is 1.77 bits per heavy atom. The van der Waals surface area contributed by atoms with Crippen molar-refractivity contribution in [1.29, 1.82) is 0 Å². The first kappa shape index (κ1) is 15.6. The Labute approximate surface area is 154 Å². The maximum atomic E-state index is 6.33. The highest BCUT2D eigenvalue weighted by atomic mass is 16.3. The molecule has 2 heterocycles. The highest BCUT2D eigenvalue weighted by Crippen LogP contribution is 2.39. The first-order valence-corrected chi connectivity index (χ1v) is 9.63. The maximum absolute atomic E-state index is 6.33. The molecule has 4 aromatic rings.